The lowest BCUT2D eigenvalue weighted by Crippen LogP contribution is -2.14. The predicted molar refractivity (Wildman–Crippen MR) is 107 cm³/mol. The number of hydrogen-bond donors (Lipinski definition) is 0. The Kier molecular flexibility index (Phi) is 5.93. The SMILES string of the molecule is C=CCn1c(-c2cc(OC)c(OC)c(OC)c2)csc1=Nc1cccnc1. The smallest absolute Gasteiger partial charge is 0.203 e. The van der Waals surface area contributed by atoms with Gasteiger partial charge in [0.1, 0.15) is 0 Å². The van der Waals surface area contributed by atoms with Gasteiger partial charge in [-0.2, -0.15) is 0 Å². The van der Waals surface area contributed by atoms with Gasteiger partial charge < -0.3 is 18.8 Å². The summed E-state index contributed by atoms with van der Waals surface area (Å²) in [6, 6.07) is 7.64. The molecule has 3 aromatic rings. The lowest BCUT2D eigenvalue weighted by Gasteiger charge is -2.15. The number of benzene rings is 1. The number of allylic oxidation sites excluding steroid dienone is 1. The highest BCUT2D eigenvalue weighted by molar-refractivity contribution is 7.07. The molecule has 27 heavy (non-hydrogen) atoms. The van der Waals surface area contributed by atoms with Crippen LogP contribution in [0.25, 0.3) is 11.3 Å². The van der Waals surface area contributed by atoms with Crippen LogP contribution >= 0.6 is 11.3 Å². The summed E-state index contributed by atoms with van der Waals surface area (Å²) in [5, 5.41) is 2.05. The summed E-state index contributed by atoms with van der Waals surface area (Å²) in [4.78, 5) is 9.68. The van der Waals surface area contributed by atoms with E-state index in [0.717, 1.165) is 21.7 Å². The Morgan fingerprint density at radius 1 is 1.19 bits per heavy atom. The van der Waals surface area contributed by atoms with Crippen molar-refractivity contribution >= 4 is 17.0 Å². The lowest BCUT2D eigenvalue weighted by atomic mass is 10.1. The Morgan fingerprint density at radius 3 is 2.48 bits per heavy atom. The summed E-state index contributed by atoms with van der Waals surface area (Å²) in [6.07, 6.45) is 5.31. The van der Waals surface area contributed by atoms with Crippen molar-refractivity contribution in [2.45, 2.75) is 6.54 Å². The van der Waals surface area contributed by atoms with Crippen LogP contribution in [0.15, 0.2) is 59.7 Å². The molecule has 140 valence electrons. The molecule has 0 aliphatic rings. The average Bonchev–Trinajstić information content (AvgIpc) is 3.10. The fourth-order valence-electron chi connectivity index (χ4n) is 2.71. The second kappa shape index (κ2) is 8.55. The summed E-state index contributed by atoms with van der Waals surface area (Å²) in [6.45, 7) is 4.49. The van der Waals surface area contributed by atoms with E-state index in [4.69, 9.17) is 19.2 Å². The van der Waals surface area contributed by atoms with Crippen LogP contribution in [0.5, 0.6) is 17.2 Å². The Bertz CT molecular complexity index is 968. The second-order valence-corrected chi connectivity index (χ2v) is 6.38. The van der Waals surface area contributed by atoms with Crippen LogP contribution in [0.2, 0.25) is 0 Å². The third kappa shape index (κ3) is 3.88. The summed E-state index contributed by atoms with van der Waals surface area (Å²) >= 11 is 1.55. The maximum absolute atomic E-state index is 5.48. The summed E-state index contributed by atoms with van der Waals surface area (Å²) in [7, 11) is 4.80. The zero-order valence-corrected chi connectivity index (χ0v) is 16.3. The Balaban J connectivity index is 2.18. The minimum absolute atomic E-state index is 0.564. The molecule has 7 heteroatoms. The van der Waals surface area contributed by atoms with Gasteiger partial charge in [0, 0.05) is 23.7 Å². The van der Waals surface area contributed by atoms with Crippen LogP contribution in [-0.2, 0) is 6.54 Å². The van der Waals surface area contributed by atoms with Gasteiger partial charge in [-0.15, -0.1) is 17.9 Å². The number of thiazole rings is 1. The minimum atomic E-state index is 0.564. The molecule has 1 aromatic carbocycles. The van der Waals surface area contributed by atoms with E-state index in [0.29, 0.717) is 23.8 Å². The first-order chi connectivity index (χ1) is 13.2. The van der Waals surface area contributed by atoms with Crippen LogP contribution in [-0.4, -0.2) is 30.9 Å². The van der Waals surface area contributed by atoms with Gasteiger partial charge in [-0.05, 0) is 24.3 Å². The molecule has 0 aliphatic carbocycles. The van der Waals surface area contributed by atoms with Gasteiger partial charge in [0.15, 0.2) is 16.3 Å². The summed E-state index contributed by atoms with van der Waals surface area (Å²) in [5.41, 5.74) is 2.73. The molecule has 3 rings (SSSR count). The van der Waals surface area contributed by atoms with E-state index in [1.807, 2.05) is 30.3 Å². The monoisotopic (exact) mass is 383 g/mol. The zero-order chi connectivity index (χ0) is 19.2. The van der Waals surface area contributed by atoms with Crippen LogP contribution in [0.3, 0.4) is 0 Å². The molecule has 0 saturated carbocycles. The van der Waals surface area contributed by atoms with E-state index < -0.39 is 0 Å². The summed E-state index contributed by atoms with van der Waals surface area (Å²) < 4.78 is 18.5. The molecule has 0 atom stereocenters. The molecular formula is C20H21N3O3S. The fourth-order valence-corrected chi connectivity index (χ4v) is 3.65. The highest BCUT2D eigenvalue weighted by Gasteiger charge is 2.16. The van der Waals surface area contributed by atoms with Crippen molar-refractivity contribution in [1.82, 2.24) is 9.55 Å². The average molecular weight is 383 g/mol. The maximum Gasteiger partial charge on any atom is 0.203 e. The molecule has 0 unspecified atom stereocenters. The zero-order valence-electron chi connectivity index (χ0n) is 15.5. The van der Waals surface area contributed by atoms with Crippen molar-refractivity contribution in [2.75, 3.05) is 21.3 Å². The lowest BCUT2D eigenvalue weighted by molar-refractivity contribution is 0.324. The van der Waals surface area contributed by atoms with E-state index in [1.165, 1.54) is 0 Å². The van der Waals surface area contributed by atoms with Gasteiger partial charge in [0.05, 0.1) is 38.9 Å². The molecule has 0 radical (unpaired) electrons. The molecule has 0 saturated heterocycles. The number of rotatable bonds is 7. The van der Waals surface area contributed by atoms with Crippen LogP contribution in [0, 0.1) is 0 Å². The van der Waals surface area contributed by atoms with Crippen molar-refractivity contribution in [3.8, 4) is 28.5 Å². The molecule has 2 aromatic heterocycles. The van der Waals surface area contributed by atoms with E-state index in [9.17, 15) is 0 Å². The normalized spacial score (nSPS) is 11.3. The second-order valence-electron chi connectivity index (χ2n) is 5.54. The Morgan fingerprint density at radius 2 is 1.93 bits per heavy atom. The minimum Gasteiger partial charge on any atom is -0.493 e. The van der Waals surface area contributed by atoms with Crippen LogP contribution < -0.4 is 19.0 Å². The molecular weight excluding hydrogens is 362 g/mol. The van der Waals surface area contributed by atoms with E-state index in [-0.39, 0.29) is 0 Å². The number of nitrogens with zero attached hydrogens (tertiary/aromatic N) is 3. The van der Waals surface area contributed by atoms with Crippen LogP contribution in [0.1, 0.15) is 0 Å². The molecule has 0 N–H and O–H groups in total. The molecule has 2 heterocycles. The van der Waals surface area contributed by atoms with Crippen molar-refractivity contribution in [3.63, 3.8) is 0 Å². The number of hydrogen-bond acceptors (Lipinski definition) is 6. The number of ether oxygens (including phenoxy) is 3. The van der Waals surface area contributed by atoms with Crippen molar-refractivity contribution < 1.29 is 14.2 Å². The Hall–Kier alpha value is -3.06. The van der Waals surface area contributed by atoms with Gasteiger partial charge in [0.2, 0.25) is 5.75 Å². The van der Waals surface area contributed by atoms with Gasteiger partial charge in [-0.25, -0.2) is 4.99 Å². The first kappa shape index (κ1) is 18.7. The van der Waals surface area contributed by atoms with E-state index in [1.54, 1.807) is 45.1 Å². The number of pyridine rings is 1. The van der Waals surface area contributed by atoms with E-state index in [2.05, 4.69) is 21.5 Å². The van der Waals surface area contributed by atoms with Gasteiger partial charge in [-0.3, -0.25) is 4.98 Å². The third-order valence-corrected chi connectivity index (χ3v) is 4.80. The topological polar surface area (TPSA) is 57.9 Å². The molecule has 0 aliphatic heterocycles. The quantitative estimate of drug-likeness (QED) is 0.578. The first-order valence-electron chi connectivity index (χ1n) is 8.26. The molecule has 0 spiro atoms. The maximum atomic E-state index is 5.48. The van der Waals surface area contributed by atoms with Gasteiger partial charge >= 0.3 is 0 Å². The predicted octanol–water partition coefficient (Wildman–Crippen LogP) is 4.06. The highest BCUT2D eigenvalue weighted by Crippen LogP contribution is 2.41. The number of aromatic nitrogens is 2. The largest absolute Gasteiger partial charge is 0.493 e. The molecule has 0 bridgehead atoms. The van der Waals surface area contributed by atoms with E-state index >= 15 is 0 Å². The third-order valence-electron chi connectivity index (χ3n) is 3.94. The van der Waals surface area contributed by atoms with Crippen molar-refractivity contribution in [2.24, 2.45) is 4.99 Å². The summed E-state index contributed by atoms with van der Waals surface area (Å²) in [5.74, 6) is 1.78. The first-order valence-corrected chi connectivity index (χ1v) is 9.14. The molecule has 0 amide bonds. The van der Waals surface area contributed by atoms with Crippen molar-refractivity contribution in [3.05, 3.63) is 59.5 Å². The van der Waals surface area contributed by atoms with Gasteiger partial charge in [-0.1, -0.05) is 6.08 Å². The Labute approximate surface area is 162 Å². The standard InChI is InChI=1S/C20H21N3O3S/c1-5-9-23-16(13-27-20(23)22-15-7-6-8-21-12-15)14-10-17(24-2)19(26-4)18(11-14)25-3/h5-8,10-13H,1,9H2,2-4H3. The molecule has 6 nitrogen and oxygen atoms in total. The van der Waals surface area contributed by atoms with Gasteiger partial charge in [0.25, 0.3) is 0 Å². The van der Waals surface area contributed by atoms with Crippen LogP contribution in [0.4, 0.5) is 5.69 Å². The number of methoxy groups -OCH3 is 3. The van der Waals surface area contributed by atoms with Crippen molar-refractivity contribution in [1.29, 1.82) is 0 Å². The molecule has 0 fully saturated rings. The fraction of sp³-hybridized carbons (Fsp3) is 0.200. The highest BCUT2D eigenvalue weighted by atomic mass is 32.1.